The van der Waals surface area contributed by atoms with Crippen LogP contribution in [0.15, 0.2) is 52.1 Å². The number of rotatable bonds is 4. The van der Waals surface area contributed by atoms with Crippen molar-refractivity contribution in [3.8, 4) is 9.88 Å². The molecular weight excluding hydrogens is 320 g/mol. The molecule has 3 aromatic rings. The molecule has 0 spiro atoms. The molecule has 1 aromatic carbocycles. The number of nitrogens with zero attached hydrogens (tertiary/aromatic N) is 1. The van der Waals surface area contributed by atoms with Crippen molar-refractivity contribution in [3.63, 3.8) is 0 Å². The Hall–Kier alpha value is -1.63. The van der Waals surface area contributed by atoms with E-state index >= 15 is 0 Å². The van der Waals surface area contributed by atoms with Crippen molar-refractivity contribution in [1.29, 1.82) is 0 Å². The van der Waals surface area contributed by atoms with E-state index in [2.05, 4.69) is 10.3 Å². The molecule has 0 unspecified atom stereocenters. The number of carbonyl (C=O) groups excluding carboxylic acids is 1. The van der Waals surface area contributed by atoms with Gasteiger partial charge < -0.3 is 5.32 Å². The van der Waals surface area contributed by atoms with E-state index in [4.69, 9.17) is 0 Å². The molecular formula is C15H12N2OS3. The first-order valence-electron chi connectivity index (χ1n) is 6.21. The maximum absolute atomic E-state index is 12.2. The highest BCUT2D eigenvalue weighted by atomic mass is 32.2. The molecule has 0 saturated heterocycles. The van der Waals surface area contributed by atoms with Crippen LogP contribution in [-0.2, 0) is 0 Å². The summed E-state index contributed by atoms with van der Waals surface area (Å²) in [6.45, 7) is 0. The van der Waals surface area contributed by atoms with Crippen LogP contribution in [0.3, 0.4) is 0 Å². The van der Waals surface area contributed by atoms with Gasteiger partial charge in [0.25, 0.3) is 5.91 Å². The Labute approximate surface area is 135 Å². The number of hydrogen-bond acceptors (Lipinski definition) is 5. The minimum absolute atomic E-state index is 0.174. The number of aromatic nitrogens is 1. The summed E-state index contributed by atoms with van der Waals surface area (Å²) in [5, 5.41) is 7.57. The lowest BCUT2D eigenvalue weighted by atomic mass is 10.3. The molecule has 6 heteroatoms. The maximum Gasteiger partial charge on any atom is 0.275 e. The standard InChI is InChI=1S/C15H12N2OS3/c1-19-11-5-2-4-10(8-11)16-14(18)12-9-21-15(17-12)13-6-3-7-20-13/h2-9H,1H3,(H,16,18). The van der Waals surface area contributed by atoms with Crippen molar-refractivity contribution in [2.75, 3.05) is 11.6 Å². The molecule has 3 rings (SSSR count). The van der Waals surface area contributed by atoms with Crippen LogP contribution in [0.1, 0.15) is 10.5 Å². The zero-order valence-corrected chi connectivity index (χ0v) is 13.6. The van der Waals surface area contributed by atoms with Gasteiger partial charge in [0.15, 0.2) is 0 Å². The molecule has 1 N–H and O–H groups in total. The van der Waals surface area contributed by atoms with Crippen LogP contribution in [-0.4, -0.2) is 17.1 Å². The van der Waals surface area contributed by atoms with E-state index in [-0.39, 0.29) is 5.91 Å². The molecule has 0 radical (unpaired) electrons. The third kappa shape index (κ3) is 3.34. The Morgan fingerprint density at radius 2 is 2.14 bits per heavy atom. The quantitative estimate of drug-likeness (QED) is 0.695. The Bertz CT molecular complexity index is 750. The van der Waals surface area contributed by atoms with Gasteiger partial charge in [0.1, 0.15) is 10.7 Å². The summed E-state index contributed by atoms with van der Waals surface area (Å²) in [5.41, 5.74) is 1.25. The van der Waals surface area contributed by atoms with Gasteiger partial charge >= 0.3 is 0 Å². The lowest BCUT2D eigenvalue weighted by molar-refractivity contribution is 0.102. The van der Waals surface area contributed by atoms with Gasteiger partial charge in [-0.25, -0.2) is 4.98 Å². The molecule has 2 aromatic heterocycles. The molecule has 0 bridgehead atoms. The fourth-order valence-electron chi connectivity index (χ4n) is 1.79. The summed E-state index contributed by atoms with van der Waals surface area (Å²) in [6, 6.07) is 11.8. The first-order valence-corrected chi connectivity index (χ1v) is 9.19. The molecule has 106 valence electrons. The largest absolute Gasteiger partial charge is 0.321 e. The van der Waals surface area contributed by atoms with E-state index in [1.54, 1.807) is 28.5 Å². The topological polar surface area (TPSA) is 42.0 Å². The van der Waals surface area contributed by atoms with Gasteiger partial charge in [0.2, 0.25) is 0 Å². The third-order valence-electron chi connectivity index (χ3n) is 2.80. The number of anilines is 1. The Morgan fingerprint density at radius 3 is 2.90 bits per heavy atom. The molecule has 0 saturated carbocycles. The fraction of sp³-hybridized carbons (Fsp3) is 0.0667. The van der Waals surface area contributed by atoms with Gasteiger partial charge in [-0.2, -0.15) is 0 Å². The zero-order chi connectivity index (χ0) is 14.7. The van der Waals surface area contributed by atoms with Gasteiger partial charge in [0, 0.05) is 16.0 Å². The highest BCUT2D eigenvalue weighted by Gasteiger charge is 2.12. The van der Waals surface area contributed by atoms with Crippen molar-refractivity contribution in [2.24, 2.45) is 0 Å². The molecule has 0 aliphatic rings. The number of benzene rings is 1. The number of nitrogens with one attached hydrogen (secondary N) is 1. The summed E-state index contributed by atoms with van der Waals surface area (Å²) in [5.74, 6) is -0.174. The molecule has 0 aliphatic heterocycles. The average molecular weight is 332 g/mol. The molecule has 0 atom stereocenters. The van der Waals surface area contributed by atoms with E-state index in [0.717, 1.165) is 20.5 Å². The molecule has 1 amide bonds. The third-order valence-corrected chi connectivity index (χ3v) is 5.40. The number of thiophene rings is 1. The van der Waals surface area contributed by atoms with Gasteiger partial charge in [-0.15, -0.1) is 34.4 Å². The average Bonchev–Trinajstić information content (AvgIpc) is 3.18. The molecule has 3 nitrogen and oxygen atoms in total. The van der Waals surface area contributed by atoms with Crippen LogP contribution in [0.4, 0.5) is 5.69 Å². The number of thioether (sulfide) groups is 1. The summed E-state index contributed by atoms with van der Waals surface area (Å²) in [4.78, 5) is 18.8. The molecule has 21 heavy (non-hydrogen) atoms. The SMILES string of the molecule is CSc1cccc(NC(=O)c2csc(-c3cccs3)n2)c1. The number of thiazole rings is 1. The summed E-state index contributed by atoms with van der Waals surface area (Å²) >= 11 is 4.76. The zero-order valence-electron chi connectivity index (χ0n) is 11.2. The summed E-state index contributed by atoms with van der Waals surface area (Å²) in [6.07, 6.45) is 2.01. The van der Waals surface area contributed by atoms with E-state index in [9.17, 15) is 4.79 Å². The Kier molecular flexibility index (Phi) is 4.38. The van der Waals surface area contributed by atoms with Gasteiger partial charge in [-0.05, 0) is 35.9 Å². The Morgan fingerprint density at radius 1 is 1.24 bits per heavy atom. The normalized spacial score (nSPS) is 10.5. The van der Waals surface area contributed by atoms with Crippen molar-refractivity contribution in [1.82, 2.24) is 4.98 Å². The Balaban J connectivity index is 1.76. The van der Waals surface area contributed by atoms with Gasteiger partial charge in [-0.3, -0.25) is 4.79 Å². The molecule has 0 fully saturated rings. The van der Waals surface area contributed by atoms with Crippen molar-refractivity contribution in [3.05, 3.63) is 52.9 Å². The predicted molar refractivity (Wildman–Crippen MR) is 91.6 cm³/mol. The smallest absolute Gasteiger partial charge is 0.275 e. The predicted octanol–water partition coefficient (Wildman–Crippen LogP) is 4.85. The summed E-state index contributed by atoms with van der Waals surface area (Å²) in [7, 11) is 0. The lowest BCUT2D eigenvalue weighted by Gasteiger charge is -2.04. The van der Waals surface area contributed by atoms with Crippen LogP contribution >= 0.6 is 34.4 Å². The van der Waals surface area contributed by atoms with E-state index in [1.807, 2.05) is 48.0 Å². The van der Waals surface area contributed by atoms with Crippen molar-refractivity contribution in [2.45, 2.75) is 4.90 Å². The highest BCUT2D eigenvalue weighted by Crippen LogP contribution is 2.28. The van der Waals surface area contributed by atoms with Crippen LogP contribution < -0.4 is 5.32 Å². The summed E-state index contributed by atoms with van der Waals surface area (Å²) < 4.78 is 0. The highest BCUT2D eigenvalue weighted by molar-refractivity contribution is 7.98. The second-order valence-electron chi connectivity index (χ2n) is 4.20. The number of amides is 1. The van der Waals surface area contributed by atoms with Crippen LogP contribution in [0.5, 0.6) is 0 Å². The van der Waals surface area contributed by atoms with Gasteiger partial charge in [0.05, 0.1) is 4.88 Å². The minimum atomic E-state index is -0.174. The maximum atomic E-state index is 12.2. The second kappa shape index (κ2) is 6.43. The van der Waals surface area contributed by atoms with Gasteiger partial charge in [-0.1, -0.05) is 12.1 Å². The minimum Gasteiger partial charge on any atom is -0.321 e. The molecule has 0 aliphatic carbocycles. The monoisotopic (exact) mass is 332 g/mol. The van der Waals surface area contributed by atoms with E-state index in [1.165, 1.54) is 11.3 Å². The lowest BCUT2D eigenvalue weighted by Crippen LogP contribution is -2.12. The van der Waals surface area contributed by atoms with E-state index < -0.39 is 0 Å². The fourth-order valence-corrected chi connectivity index (χ4v) is 3.86. The number of hydrogen-bond donors (Lipinski definition) is 1. The molecule has 2 heterocycles. The van der Waals surface area contributed by atoms with Crippen LogP contribution in [0, 0.1) is 0 Å². The van der Waals surface area contributed by atoms with Crippen molar-refractivity contribution < 1.29 is 4.79 Å². The van der Waals surface area contributed by atoms with Crippen molar-refractivity contribution >= 4 is 46.0 Å². The first kappa shape index (κ1) is 14.3. The second-order valence-corrected chi connectivity index (χ2v) is 6.89. The first-order chi connectivity index (χ1) is 10.3. The van der Waals surface area contributed by atoms with E-state index in [0.29, 0.717) is 5.69 Å². The van der Waals surface area contributed by atoms with Crippen LogP contribution in [0.25, 0.3) is 9.88 Å². The number of carbonyl (C=O) groups is 1. The van der Waals surface area contributed by atoms with Crippen LogP contribution in [0.2, 0.25) is 0 Å².